The van der Waals surface area contributed by atoms with Gasteiger partial charge in [-0.2, -0.15) is 0 Å². The van der Waals surface area contributed by atoms with Gasteiger partial charge in [0.15, 0.2) is 0 Å². The van der Waals surface area contributed by atoms with E-state index in [2.05, 4.69) is 9.97 Å². The van der Waals surface area contributed by atoms with E-state index >= 15 is 0 Å². The summed E-state index contributed by atoms with van der Waals surface area (Å²) in [6.07, 6.45) is 2.49. The first-order valence-electron chi connectivity index (χ1n) is 6.71. The molecule has 1 aliphatic heterocycles. The van der Waals surface area contributed by atoms with Crippen molar-refractivity contribution in [1.82, 2.24) is 14.5 Å². The summed E-state index contributed by atoms with van der Waals surface area (Å²) < 4.78 is 7.07. The zero-order valence-electron chi connectivity index (χ0n) is 11.5. The Bertz CT molecular complexity index is 855. The van der Waals surface area contributed by atoms with Crippen molar-refractivity contribution < 1.29 is 4.74 Å². The third-order valence-electron chi connectivity index (χ3n) is 3.49. The van der Waals surface area contributed by atoms with Crippen LogP contribution in [-0.2, 0) is 24.3 Å². The molecule has 0 spiro atoms. The van der Waals surface area contributed by atoms with Crippen molar-refractivity contribution in [3.05, 3.63) is 43.2 Å². The van der Waals surface area contributed by atoms with Gasteiger partial charge in [0, 0.05) is 11.3 Å². The number of aromatic nitrogens is 3. The summed E-state index contributed by atoms with van der Waals surface area (Å²) in [5.74, 6) is 0. The Morgan fingerprint density at radius 3 is 3.19 bits per heavy atom. The van der Waals surface area contributed by atoms with Gasteiger partial charge in [0.1, 0.15) is 9.84 Å². The third-order valence-corrected chi connectivity index (χ3v) is 5.50. The molecule has 0 amide bonds. The van der Waals surface area contributed by atoms with E-state index in [4.69, 9.17) is 4.74 Å². The number of hydrogen-bond donors (Lipinski definition) is 0. The monoisotopic (exact) mass is 319 g/mol. The highest BCUT2D eigenvalue weighted by Gasteiger charge is 2.16. The molecule has 0 bridgehead atoms. The fraction of sp³-hybridized carbons (Fsp3) is 0.357. The summed E-state index contributed by atoms with van der Waals surface area (Å²) in [4.78, 5) is 24.6. The second-order valence-electron chi connectivity index (χ2n) is 5.03. The number of thiophene rings is 1. The van der Waals surface area contributed by atoms with Gasteiger partial charge in [-0.1, -0.05) is 0 Å². The van der Waals surface area contributed by atoms with Crippen LogP contribution < -0.4 is 5.56 Å². The molecule has 0 radical (unpaired) electrons. The van der Waals surface area contributed by atoms with Gasteiger partial charge in [-0.3, -0.25) is 9.36 Å². The van der Waals surface area contributed by atoms with Crippen molar-refractivity contribution >= 4 is 32.9 Å². The molecule has 108 valence electrons. The van der Waals surface area contributed by atoms with Crippen molar-refractivity contribution in [2.75, 3.05) is 6.61 Å². The van der Waals surface area contributed by atoms with Crippen LogP contribution in [0.25, 0.3) is 10.2 Å². The fourth-order valence-electron chi connectivity index (χ4n) is 2.48. The molecular formula is C14H13N3O2S2. The van der Waals surface area contributed by atoms with Gasteiger partial charge < -0.3 is 4.74 Å². The number of aryl methyl sites for hydroxylation is 1. The van der Waals surface area contributed by atoms with Gasteiger partial charge >= 0.3 is 0 Å². The molecule has 0 N–H and O–H groups in total. The van der Waals surface area contributed by atoms with Crippen LogP contribution in [0.15, 0.2) is 17.2 Å². The fourth-order valence-corrected chi connectivity index (χ4v) is 4.37. The number of thiazole rings is 1. The Hall–Kier alpha value is -1.57. The lowest BCUT2D eigenvalue weighted by Crippen LogP contribution is -2.20. The smallest absolute Gasteiger partial charge is 0.262 e. The summed E-state index contributed by atoms with van der Waals surface area (Å²) in [7, 11) is 0. The van der Waals surface area contributed by atoms with E-state index in [0.29, 0.717) is 18.5 Å². The second-order valence-corrected chi connectivity index (χ2v) is 7.44. The highest BCUT2D eigenvalue weighted by Crippen LogP contribution is 2.24. The predicted molar refractivity (Wildman–Crippen MR) is 83.2 cm³/mol. The quantitative estimate of drug-likeness (QED) is 0.727. The van der Waals surface area contributed by atoms with Crippen molar-refractivity contribution in [2.24, 2.45) is 0 Å². The molecule has 0 atom stereocenters. The molecule has 0 aliphatic carbocycles. The van der Waals surface area contributed by atoms with E-state index in [0.717, 1.165) is 33.4 Å². The largest absolute Gasteiger partial charge is 0.375 e. The lowest BCUT2D eigenvalue weighted by Gasteiger charge is -2.08. The number of fused-ring (bicyclic) bond motifs is 2. The van der Waals surface area contributed by atoms with Crippen molar-refractivity contribution in [1.29, 1.82) is 0 Å². The van der Waals surface area contributed by atoms with E-state index in [1.54, 1.807) is 33.6 Å². The Morgan fingerprint density at radius 1 is 1.43 bits per heavy atom. The van der Waals surface area contributed by atoms with Crippen LogP contribution in [-0.4, -0.2) is 21.1 Å². The summed E-state index contributed by atoms with van der Waals surface area (Å²) in [5.41, 5.74) is 1.13. The van der Waals surface area contributed by atoms with Gasteiger partial charge in [-0.05, 0) is 13.0 Å². The van der Waals surface area contributed by atoms with Crippen LogP contribution in [0.2, 0.25) is 0 Å². The molecule has 5 nitrogen and oxygen atoms in total. The zero-order valence-corrected chi connectivity index (χ0v) is 13.1. The van der Waals surface area contributed by atoms with Crippen molar-refractivity contribution in [3.8, 4) is 0 Å². The zero-order chi connectivity index (χ0) is 14.4. The minimum absolute atomic E-state index is 0.00812. The SMILES string of the molecule is Cc1cc2c(=O)n(Cc3nc4c(s3)COCC4)cnc2s1. The maximum absolute atomic E-state index is 12.5. The van der Waals surface area contributed by atoms with Gasteiger partial charge in [-0.15, -0.1) is 22.7 Å². The molecule has 0 saturated heterocycles. The van der Waals surface area contributed by atoms with E-state index in [9.17, 15) is 4.79 Å². The number of nitrogens with zero attached hydrogens (tertiary/aromatic N) is 3. The third kappa shape index (κ3) is 2.31. The van der Waals surface area contributed by atoms with Crippen LogP contribution in [0, 0.1) is 6.92 Å². The Labute approximate surface area is 128 Å². The summed E-state index contributed by atoms with van der Waals surface area (Å²) in [6, 6.07) is 1.91. The highest BCUT2D eigenvalue weighted by atomic mass is 32.1. The Kier molecular flexibility index (Phi) is 3.13. The summed E-state index contributed by atoms with van der Waals surface area (Å²) in [6.45, 7) is 3.85. The normalized spacial score (nSPS) is 14.5. The Morgan fingerprint density at radius 2 is 2.33 bits per heavy atom. The molecule has 0 fully saturated rings. The first-order chi connectivity index (χ1) is 10.2. The van der Waals surface area contributed by atoms with E-state index in [-0.39, 0.29) is 5.56 Å². The van der Waals surface area contributed by atoms with Crippen LogP contribution in [0.5, 0.6) is 0 Å². The molecule has 3 aromatic rings. The number of hydrogen-bond acceptors (Lipinski definition) is 6. The van der Waals surface area contributed by atoms with Crippen LogP contribution in [0.4, 0.5) is 0 Å². The van der Waals surface area contributed by atoms with Gasteiger partial charge in [0.05, 0.1) is 42.0 Å². The van der Waals surface area contributed by atoms with Crippen molar-refractivity contribution in [2.45, 2.75) is 26.5 Å². The topological polar surface area (TPSA) is 57.0 Å². The maximum Gasteiger partial charge on any atom is 0.262 e. The molecule has 0 aromatic carbocycles. The number of ether oxygens (including phenoxy) is 1. The van der Waals surface area contributed by atoms with Crippen molar-refractivity contribution in [3.63, 3.8) is 0 Å². The molecular weight excluding hydrogens is 306 g/mol. The summed E-state index contributed by atoms with van der Waals surface area (Å²) in [5, 5.41) is 1.64. The molecule has 0 unspecified atom stereocenters. The van der Waals surface area contributed by atoms with E-state index in [1.165, 1.54) is 4.88 Å². The van der Waals surface area contributed by atoms with Gasteiger partial charge in [-0.25, -0.2) is 9.97 Å². The predicted octanol–water partition coefficient (Wildman–Crippen LogP) is 2.34. The van der Waals surface area contributed by atoms with Crippen LogP contribution >= 0.6 is 22.7 Å². The Balaban J connectivity index is 1.72. The molecule has 0 saturated carbocycles. The van der Waals surface area contributed by atoms with Gasteiger partial charge in [0.25, 0.3) is 5.56 Å². The molecule has 1 aliphatic rings. The molecule has 3 aromatic heterocycles. The van der Waals surface area contributed by atoms with E-state index < -0.39 is 0 Å². The summed E-state index contributed by atoms with van der Waals surface area (Å²) >= 11 is 3.18. The van der Waals surface area contributed by atoms with Crippen LogP contribution in [0.1, 0.15) is 20.5 Å². The first kappa shape index (κ1) is 13.1. The molecule has 4 heterocycles. The maximum atomic E-state index is 12.5. The minimum atomic E-state index is 0.00812. The molecule has 21 heavy (non-hydrogen) atoms. The lowest BCUT2D eigenvalue weighted by molar-refractivity contribution is 0.112. The number of rotatable bonds is 2. The van der Waals surface area contributed by atoms with Crippen LogP contribution in [0.3, 0.4) is 0 Å². The van der Waals surface area contributed by atoms with E-state index in [1.807, 2.05) is 13.0 Å². The average Bonchev–Trinajstić information content (AvgIpc) is 3.04. The highest BCUT2D eigenvalue weighted by molar-refractivity contribution is 7.18. The standard InChI is InChI=1S/C14H13N3O2S2/c1-8-4-9-13(20-8)15-7-17(14(9)18)5-12-16-10-2-3-19-6-11(10)21-12/h4,7H,2-3,5-6H2,1H3. The molecule has 4 rings (SSSR count). The first-order valence-corrected chi connectivity index (χ1v) is 8.35. The average molecular weight is 319 g/mol. The molecule has 7 heteroatoms. The minimum Gasteiger partial charge on any atom is -0.375 e. The lowest BCUT2D eigenvalue weighted by atomic mass is 10.2. The second kappa shape index (κ2) is 5.01. The van der Waals surface area contributed by atoms with Gasteiger partial charge in [0.2, 0.25) is 0 Å².